The molecular formula is C15H8ClNO4. The molecule has 0 saturated heterocycles. The number of esters is 1. The maximum absolute atomic E-state index is 11.8. The van der Waals surface area contributed by atoms with Gasteiger partial charge in [-0.3, -0.25) is 10.1 Å². The van der Waals surface area contributed by atoms with E-state index in [1.807, 2.05) is 0 Å². The summed E-state index contributed by atoms with van der Waals surface area (Å²) in [5, 5.41) is 11.6. The van der Waals surface area contributed by atoms with E-state index in [0.29, 0.717) is 10.6 Å². The van der Waals surface area contributed by atoms with E-state index < -0.39 is 10.9 Å². The first kappa shape index (κ1) is 13.3. The van der Waals surface area contributed by atoms with Gasteiger partial charge in [0.25, 0.3) is 5.69 Å². The van der Waals surface area contributed by atoms with Gasteiger partial charge in [-0.1, -0.05) is 35.9 Å². The number of hydrogen-bond donors (Lipinski definition) is 0. The number of fused-ring (bicyclic) bond motifs is 1. The molecule has 0 amide bonds. The van der Waals surface area contributed by atoms with E-state index in [9.17, 15) is 14.9 Å². The van der Waals surface area contributed by atoms with Crippen molar-refractivity contribution >= 4 is 35.1 Å². The minimum atomic E-state index is -0.605. The molecule has 5 nitrogen and oxygen atoms in total. The molecule has 0 N–H and O–H groups in total. The molecule has 21 heavy (non-hydrogen) atoms. The summed E-state index contributed by atoms with van der Waals surface area (Å²) >= 11 is 6.05. The second-order valence-corrected chi connectivity index (χ2v) is 4.78. The molecule has 0 saturated carbocycles. The summed E-state index contributed by atoms with van der Waals surface area (Å²) in [6.45, 7) is 0. The van der Waals surface area contributed by atoms with Crippen LogP contribution < -0.4 is 0 Å². The molecular weight excluding hydrogens is 294 g/mol. The Morgan fingerprint density at radius 3 is 2.62 bits per heavy atom. The van der Waals surface area contributed by atoms with Crippen molar-refractivity contribution in [1.82, 2.24) is 0 Å². The highest BCUT2D eigenvalue weighted by atomic mass is 35.5. The number of carbonyl (C=O) groups excluding carboxylic acids is 1. The first-order chi connectivity index (χ1) is 10.1. The largest absolute Gasteiger partial charge is 0.422 e. The van der Waals surface area contributed by atoms with Crippen molar-refractivity contribution in [1.29, 1.82) is 0 Å². The number of nitrogens with zero attached hydrogens (tertiary/aromatic N) is 1. The summed E-state index contributed by atoms with van der Waals surface area (Å²) < 4.78 is 5.14. The molecule has 1 aliphatic heterocycles. The summed E-state index contributed by atoms with van der Waals surface area (Å²) in [6.07, 6.45) is 1.53. The molecule has 104 valence electrons. The highest BCUT2D eigenvalue weighted by Gasteiger charge is 2.33. The number of hydrogen-bond acceptors (Lipinski definition) is 4. The van der Waals surface area contributed by atoms with Crippen LogP contribution in [-0.2, 0) is 4.74 Å². The van der Waals surface area contributed by atoms with Crippen LogP contribution in [0.1, 0.15) is 21.5 Å². The normalized spacial score (nSPS) is 14.9. The van der Waals surface area contributed by atoms with Crippen LogP contribution in [0.3, 0.4) is 0 Å². The molecule has 6 heteroatoms. The molecule has 0 unspecified atom stereocenters. The lowest BCUT2D eigenvalue weighted by molar-refractivity contribution is -0.385. The Morgan fingerprint density at radius 2 is 1.90 bits per heavy atom. The first-order valence-electron chi connectivity index (χ1n) is 6.04. The first-order valence-corrected chi connectivity index (χ1v) is 6.42. The van der Waals surface area contributed by atoms with Crippen molar-refractivity contribution in [3.05, 3.63) is 74.3 Å². The van der Waals surface area contributed by atoms with Crippen LogP contribution >= 0.6 is 11.6 Å². The standard InChI is InChI=1S/C15H8ClNO4/c16-11-6-2-1-4-9(11)8-13-14-10(15(18)21-13)5-3-7-12(14)17(19)20/h1-8H/b13-8-. The van der Waals surface area contributed by atoms with E-state index in [2.05, 4.69) is 0 Å². The van der Waals surface area contributed by atoms with Gasteiger partial charge in [-0.05, 0) is 23.8 Å². The summed E-state index contributed by atoms with van der Waals surface area (Å²) in [5.41, 5.74) is 0.819. The Labute approximate surface area is 124 Å². The summed E-state index contributed by atoms with van der Waals surface area (Å²) in [4.78, 5) is 22.4. The molecule has 0 bridgehead atoms. The van der Waals surface area contributed by atoms with Gasteiger partial charge in [0.05, 0.1) is 10.5 Å². The Hall–Kier alpha value is -2.66. The zero-order valence-electron chi connectivity index (χ0n) is 10.6. The van der Waals surface area contributed by atoms with Crippen LogP contribution in [0.25, 0.3) is 11.8 Å². The maximum atomic E-state index is 11.8. The van der Waals surface area contributed by atoms with Gasteiger partial charge < -0.3 is 4.74 Å². The fourth-order valence-corrected chi connectivity index (χ4v) is 2.35. The number of nitro benzene ring substituents is 1. The molecule has 0 atom stereocenters. The fraction of sp³-hybridized carbons (Fsp3) is 0. The molecule has 2 aromatic rings. The number of cyclic esters (lactones) is 1. The minimum absolute atomic E-state index is 0.135. The van der Waals surface area contributed by atoms with Gasteiger partial charge in [-0.25, -0.2) is 4.79 Å². The minimum Gasteiger partial charge on any atom is -0.422 e. The van der Waals surface area contributed by atoms with Crippen molar-refractivity contribution in [2.24, 2.45) is 0 Å². The highest BCUT2D eigenvalue weighted by molar-refractivity contribution is 6.32. The number of halogens is 1. The smallest absolute Gasteiger partial charge is 0.344 e. The number of ether oxygens (including phenoxy) is 1. The topological polar surface area (TPSA) is 69.4 Å². The van der Waals surface area contributed by atoms with Crippen LogP contribution in [0.2, 0.25) is 5.02 Å². The molecule has 0 aromatic heterocycles. The van der Waals surface area contributed by atoms with Crippen molar-refractivity contribution in [3.63, 3.8) is 0 Å². The number of nitro groups is 1. The molecule has 0 radical (unpaired) electrons. The second kappa shape index (κ2) is 5.03. The van der Waals surface area contributed by atoms with Gasteiger partial charge >= 0.3 is 5.97 Å². The van der Waals surface area contributed by atoms with Crippen LogP contribution in [0.4, 0.5) is 5.69 Å². The van der Waals surface area contributed by atoms with Gasteiger partial charge in [-0.2, -0.15) is 0 Å². The number of rotatable bonds is 2. The lowest BCUT2D eigenvalue weighted by Gasteiger charge is -2.02. The van der Waals surface area contributed by atoms with E-state index in [-0.39, 0.29) is 22.6 Å². The SMILES string of the molecule is O=C1O/C(=C\c2ccccc2Cl)c2c1cccc2[N+](=O)[O-]. The Bertz CT molecular complexity index is 798. The quantitative estimate of drug-likeness (QED) is 0.479. The molecule has 0 fully saturated rings. The van der Waals surface area contributed by atoms with Crippen LogP contribution in [0, 0.1) is 10.1 Å². The molecule has 0 spiro atoms. The van der Waals surface area contributed by atoms with Crippen molar-refractivity contribution in [3.8, 4) is 0 Å². The van der Waals surface area contributed by atoms with Gasteiger partial charge in [0, 0.05) is 11.1 Å². The van der Waals surface area contributed by atoms with Gasteiger partial charge in [-0.15, -0.1) is 0 Å². The molecule has 0 aliphatic carbocycles. The summed E-state index contributed by atoms with van der Waals surface area (Å²) in [7, 11) is 0. The zero-order chi connectivity index (χ0) is 15.0. The van der Waals surface area contributed by atoms with E-state index in [0.717, 1.165) is 0 Å². The number of carbonyl (C=O) groups is 1. The lowest BCUT2D eigenvalue weighted by atomic mass is 10.0. The summed E-state index contributed by atoms with van der Waals surface area (Å²) in [6, 6.07) is 11.2. The van der Waals surface area contributed by atoms with Gasteiger partial charge in [0.2, 0.25) is 0 Å². The summed E-state index contributed by atoms with van der Waals surface area (Å²) in [5.74, 6) is -0.470. The fourth-order valence-electron chi connectivity index (χ4n) is 2.16. The average Bonchev–Trinajstić information content (AvgIpc) is 2.78. The molecule has 1 heterocycles. The molecule has 3 rings (SSSR count). The van der Waals surface area contributed by atoms with E-state index in [1.165, 1.54) is 24.3 Å². The van der Waals surface area contributed by atoms with Gasteiger partial charge in [0.15, 0.2) is 0 Å². The zero-order valence-corrected chi connectivity index (χ0v) is 11.3. The van der Waals surface area contributed by atoms with Crippen LogP contribution in [0.5, 0.6) is 0 Å². The second-order valence-electron chi connectivity index (χ2n) is 4.38. The number of benzene rings is 2. The Kier molecular flexibility index (Phi) is 3.19. The van der Waals surface area contributed by atoms with Crippen LogP contribution in [-0.4, -0.2) is 10.9 Å². The predicted molar refractivity (Wildman–Crippen MR) is 77.8 cm³/mol. The lowest BCUT2D eigenvalue weighted by Crippen LogP contribution is -1.95. The van der Waals surface area contributed by atoms with Crippen molar-refractivity contribution < 1.29 is 14.5 Å². The van der Waals surface area contributed by atoms with E-state index >= 15 is 0 Å². The van der Waals surface area contributed by atoms with Gasteiger partial charge in [0.1, 0.15) is 11.3 Å². The third-order valence-corrected chi connectivity index (χ3v) is 3.44. The average molecular weight is 302 g/mol. The Balaban J connectivity index is 2.20. The van der Waals surface area contributed by atoms with E-state index in [4.69, 9.17) is 16.3 Å². The van der Waals surface area contributed by atoms with E-state index in [1.54, 1.807) is 24.3 Å². The third-order valence-electron chi connectivity index (χ3n) is 3.10. The molecule has 2 aromatic carbocycles. The Morgan fingerprint density at radius 1 is 1.14 bits per heavy atom. The van der Waals surface area contributed by atoms with Crippen molar-refractivity contribution in [2.75, 3.05) is 0 Å². The molecule has 1 aliphatic rings. The predicted octanol–water partition coefficient (Wildman–Crippen LogP) is 3.92. The highest BCUT2D eigenvalue weighted by Crippen LogP contribution is 2.38. The monoisotopic (exact) mass is 301 g/mol. The van der Waals surface area contributed by atoms with Crippen LogP contribution in [0.15, 0.2) is 42.5 Å². The third kappa shape index (κ3) is 2.28. The maximum Gasteiger partial charge on any atom is 0.344 e. The van der Waals surface area contributed by atoms with Crippen molar-refractivity contribution in [2.45, 2.75) is 0 Å².